The first-order valence-corrected chi connectivity index (χ1v) is 5.94. The van der Waals surface area contributed by atoms with Crippen LogP contribution >= 0.6 is 15.9 Å². The van der Waals surface area contributed by atoms with Crippen molar-refractivity contribution in [2.24, 2.45) is 0 Å². The predicted molar refractivity (Wildman–Crippen MR) is 66.7 cm³/mol. The molecular formula is C12H11BrFN3. The van der Waals surface area contributed by atoms with Crippen molar-refractivity contribution in [2.75, 3.05) is 0 Å². The van der Waals surface area contributed by atoms with Crippen molar-refractivity contribution < 1.29 is 4.39 Å². The van der Waals surface area contributed by atoms with Crippen LogP contribution in [0.2, 0.25) is 0 Å². The fraction of sp³-hybridized carbons (Fsp3) is 0.167. The molecule has 0 saturated carbocycles. The van der Waals surface area contributed by atoms with Gasteiger partial charge in [0.15, 0.2) is 0 Å². The minimum atomic E-state index is -0.244. The highest BCUT2D eigenvalue weighted by Crippen LogP contribution is 2.16. The first-order valence-electron chi connectivity index (χ1n) is 5.15. The second-order valence-corrected chi connectivity index (χ2v) is 4.41. The normalized spacial score (nSPS) is 10.5. The first-order chi connectivity index (χ1) is 8.25. The van der Waals surface area contributed by atoms with Crippen LogP contribution in [-0.2, 0) is 13.1 Å². The third-order valence-corrected chi connectivity index (χ3v) is 2.91. The monoisotopic (exact) mass is 295 g/mol. The molecule has 17 heavy (non-hydrogen) atoms. The Kier molecular flexibility index (Phi) is 4.17. The van der Waals surface area contributed by atoms with Crippen molar-refractivity contribution in [1.82, 2.24) is 15.3 Å². The molecule has 0 atom stereocenters. The van der Waals surface area contributed by atoms with Gasteiger partial charge in [-0.2, -0.15) is 0 Å². The molecule has 0 fully saturated rings. The van der Waals surface area contributed by atoms with Crippen LogP contribution in [0.25, 0.3) is 0 Å². The molecule has 0 bridgehead atoms. The van der Waals surface area contributed by atoms with Crippen molar-refractivity contribution >= 4 is 15.9 Å². The summed E-state index contributed by atoms with van der Waals surface area (Å²) in [6.07, 6.45) is 3.21. The van der Waals surface area contributed by atoms with Crippen LogP contribution in [0.15, 0.2) is 41.3 Å². The fourth-order valence-corrected chi connectivity index (χ4v) is 1.65. The van der Waals surface area contributed by atoms with Crippen LogP contribution < -0.4 is 5.32 Å². The lowest BCUT2D eigenvalue weighted by Crippen LogP contribution is -2.13. The molecule has 1 aromatic heterocycles. The number of rotatable bonds is 4. The molecule has 1 heterocycles. The highest BCUT2D eigenvalue weighted by molar-refractivity contribution is 9.10. The lowest BCUT2D eigenvalue weighted by Gasteiger charge is -2.05. The van der Waals surface area contributed by atoms with Crippen molar-refractivity contribution in [1.29, 1.82) is 0 Å². The highest BCUT2D eigenvalue weighted by atomic mass is 79.9. The summed E-state index contributed by atoms with van der Waals surface area (Å²) in [5.41, 5.74) is 1.82. The van der Waals surface area contributed by atoms with Gasteiger partial charge in [0, 0.05) is 19.3 Å². The van der Waals surface area contributed by atoms with Crippen LogP contribution in [0.3, 0.4) is 0 Å². The minimum absolute atomic E-state index is 0.244. The molecular weight excluding hydrogens is 285 g/mol. The number of hydrogen-bond acceptors (Lipinski definition) is 3. The lowest BCUT2D eigenvalue weighted by atomic mass is 10.2. The Balaban J connectivity index is 1.88. The molecule has 2 aromatic rings. The number of nitrogens with one attached hydrogen (secondary N) is 1. The maximum absolute atomic E-state index is 13.2. The van der Waals surface area contributed by atoms with E-state index < -0.39 is 0 Å². The third kappa shape index (κ3) is 3.57. The third-order valence-electron chi connectivity index (χ3n) is 2.26. The molecule has 5 heteroatoms. The minimum Gasteiger partial charge on any atom is -0.307 e. The Morgan fingerprint density at radius 1 is 1.24 bits per heavy atom. The molecule has 0 radical (unpaired) electrons. The lowest BCUT2D eigenvalue weighted by molar-refractivity contribution is 0.613. The van der Waals surface area contributed by atoms with E-state index in [1.165, 1.54) is 12.4 Å². The quantitative estimate of drug-likeness (QED) is 0.942. The van der Waals surface area contributed by atoms with Crippen LogP contribution in [0.5, 0.6) is 0 Å². The number of halogens is 2. The van der Waals surface area contributed by atoms with E-state index in [0.717, 1.165) is 11.3 Å². The van der Waals surface area contributed by atoms with E-state index in [1.54, 1.807) is 12.3 Å². The van der Waals surface area contributed by atoms with Gasteiger partial charge in [-0.25, -0.2) is 14.4 Å². The van der Waals surface area contributed by atoms with Crippen LogP contribution in [0.1, 0.15) is 11.3 Å². The van der Waals surface area contributed by atoms with Crippen LogP contribution in [-0.4, -0.2) is 9.97 Å². The molecule has 0 aliphatic carbocycles. The predicted octanol–water partition coefficient (Wildman–Crippen LogP) is 2.67. The van der Waals surface area contributed by atoms with Crippen molar-refractivity contribution in [3.05, 3.63) is 58.3 Å². The summed E-state index contributed by atoms with van der Waals surface area (Å²) in [7, 11) is 0. The molecule has 1 N–H and O–H groups in total. The summed E-state index contributed by atoms with van der Waals surface area (Å²) in [5, 5.41) is 3.19. The molecule has 2 rings (SSSR count). The topological polar surface area (TPSA) is 37.8 Å². The second kappa shape index (κ2) is 5.84. The van der Waals surface area contributed by atoms with E-state index in [-0.39, 0.29) is 5.82 Å². The van der Waals surface area contributed by atoms with Crippen LogP contribution in [0, 0.1) is 5.82 Å². The van der Waals surface area contributed by atoms with Gasteiger partial charge in [-0.15, -0.1) is 0 Å². The Labute approximate surface area is 107 Å². The maximum atomic E-state index is 13.2. The van der Waals surface area contributed by atoms with Crippen molar-refractivity contribution in [2.45, 2.75) is 13.1 Å². The van der Waals surface area contributed by atoms with E-state index in [4.69, 9.17) is 0 Å². The smallest absolute Gasteiger partial charge is 0.137 e. The summed E-state index contributed by atoms with van der Waals surface area (Å²) in [6.45, 7) is 1.24. The van der Waals surface area contributed by atoms with Gasteiger partial charge in [-0.1, -0.05) is 6.07 Å². The molecule has 0 amide bonds. The number of benzene rings is 1. The van der Waals surface area contributed by atoms with Crippen molar-refractivity contribution in [3.63, 3.8) is 0 Å². The van der Waals surface area contributed by atoms with Gasteiger partial charge in [-0.3, -0.25) is 0 Å². The van der Waals surface area contributed by atoms with Crippen LogP contribution in [0.4, 0.5) is 4.39 Å². The Morgan fingerprint density at radius 3 is 2.82 bits per heavy atom. The maximum Gasteiger partial charge on any atom is 0.137 e. The van der Waals surface area contributed by atoms with Gasteiger partial charge in [0.05, 0.1) is 10.2 Å². The fourth-order valence-electron chi connectivity index (χ4n) is 1.41. The second-order valence-electron chi connectivity index (χ2n) is 3.55. The van der Waals surface area contributed by atoms with E-state index in [2.05, 4.69) is 31.2 Å². The van der Waals surface area contributed by atoms with Gasteiger partial charge in [0.2, 0.25) is 0 Å². The molecule has 88 valence electrons. The van der Waals surface area contributed by atoms with E-state index >= 15 is 0 Å². The number of hydrogen-bond donors (Lipinski definition) is 1. The van der Waals surface area contributed by atoms with E-state index in [0.29, 0.717) is 17.6 Å². The molecule has 0 aliphatic heterocycles. The van der Waals surface area contributed by atoms with Gasteiger partial charge in [0.25, 0.3) is 0 Å². The largest absolute Gasteiger partial charge is 0.307 e. The summed E-state index contributed by atoms with van der Waals surface area (Å²) >= 11 is 3.12. The number of nitrogens with zero attached hydrogens (tertiary/aromatic N) is 2. The van der Waals surface area contributed by atoms with Gasteiger partial charge in [-0.05, 0) is 39.7 Å². The standard InChI is InChI=1S/C12H11BrFN3/c13-11-2-1-9(5-12(11)14)6-16-7-10-3-4-15-8-17-10/h1-5,8,16H,6-7H2. The first kappa shape index (κ1) is 12.1. The summed E-state index contributed by atoms with van der Waals surface area (Å²) in [4.78, 5) is 7.93. The molecule has 0 unspecified atom stereocenters. The molecule has 1 aromatic carbocycles. The summed E-state index contributed by atoms with van der Waals surface area (Å²) in [6, 6.07) is 6.93. The summed E-state index contributed by atoms with van der Waals surface area (Å²) < 4.78 is 13.7. The average Bonchev–Trinajstić information content (AvgIpc) is 2.35. The Morgan fingerprint density at radius 2 is 2.12 bits per heavy atom. The van der Waals surface area contributed by atoms with Crippen molar-refractivity contribution in [3.8, 4) is 0 Å². The zero-order valence-corrected chi connectivity index (χ0v) is 10.6. The van der Waals surface area contributed by atoms with Gasteiger partial charge >= 0.3 is 0 Å². The molecule has 0 spiro atoms. The van der Waals surface area contributed by atoms with E-state index in [1.807, 2.05) is 12.1 Å². The Bertz CT molecular complexity index is 490. The van der Waals surface area contributed by atoms with Gasteiger partial charge in [0.1, 0.15) is 12.1 Å². The van der Waals surface area contributed by atoms with E-state index in [9.17, 15) is 4.39 Å². The molecule has 0 aliphatic rings. The molecule has 3 nitrogen and oxygen atoms in total. The Hall–Kier alpha value is -1.33. The average molecular weight is 296 g/mol. The highest BCUT2D eigenvalue weighted by Gasteiger charge is 2.00. The summed E-state index contributed by atoms with van der Waals surface area (Å²) in [5.74, 6) is -0.244. The van der Waals surface area contributed by atoms with Gasteiger partial charge < -0.3 is 5.32 Å². The SMILES string of the molecule is Fc1cc(CNCc2ccncn2)ccc1Br. The number of aromatic nitrogens is 2. The molecule has 0 saturated heterocycles. The zero-order chi connectivity index (χ0) is 12.1. The zero-order valence-electron chi connectivity index (χ0n) is 9.03.